The summed E-state index contributed by atoms with van der Waals surface area (Å²) >= 11 is 0. The van der Waals surface area contributed by atoms with Crippen LogP contribution >= 0.6 is 0 Å². The first-order chi connectivity index (χ1) is 10.1. The first-order valence-corrected chi connectivity index (χ1v) is 6.91. The zero-order valence-corrected chi connectivity index (χ0v) is 12.3. The van der Waals surface area contributed by atoms with Gasteiger partial charge in [-0.2, -0.15) is 0 Å². The van der Waals surface area contributed by atoms with Crippen molar-refractivity contribution in [1.29, 1.82) is 0 Å². The van der Waals surface area contributed by atoms with E-state index in [1.54, 1.807) is 6.92 Å². The van der Waals surface area contributed by atoms with Crippen LogP contribution in [0.25, 0.3) is 0 Å². The van der Waals surface area contributed by atoms with Crippen molar-refractivity contribution in [3.63, 3.8) is 0 Å². The molecule has 4 nitrogen and oxygen atoms in total. The summed E-state index contributed by atoms with van der Waals surface area (Å²) in [5.41, 5.74) is 8.38. The molecule has 0 heterocycles. The van der Waals surface area contributed by atoms with Crippen LogP contribution in [-0.2, 0) is 11.3 Å². The Morgan fingerprint density at radius 2 is 2.00 bits per heavy atom. The zero-order valence-electron chi connectivity index (χ0n) is 12.3. The number of anilines is 1. The number of hydrogen-bond donors (Lipinski definition) is 2. The fraction of sp³-hybridized carbons (Fsp3) is 0.235. The highest BCUT2D eigenvalue weighted by Crippen LogP contribution is 2.15. The van der Waals surface area contributed by atoms with Crippen molar-refractivity contribution in [1.82, 2.24) is 0 Å². The van der Waals surface area contributed by atoms with Gasteiger partial charge in [-0.05, 0) is 49.2 Å². The molecule has 4 heteroatoms. The second kappa shape index (κ2) is 6.90. The van der Waals surface area contributed by atoms with Crippen LogP contribution in [0, 0.1) is 6.92 Å². The van der Waals surface area contributed by atoms with Crippen molar-refractivity contribution in [2.24, 2.45) is 5.73 Å². The Hall–Kier alpha value is -2.33. The van der Waals surface area contributed by atoms with E-state index in [9.17, 15) is 4.79 Å². The van der Waals surface area contributed by atoms with Crippen LogP contribution in [0.2, 0.25) is 0 Å². The Bertz CT molecular complexity index is 626. The second-order valence-corrected chi connectivity index (χ2v) is 4.97. The van der Waals surface area contributed by atoms with E-state index in [1.807, 2.05) is 55.5 Å². The van der Waals surface area contributed by atoms with Crippen LogP contribution in [-0.4, -0.2) is 12.0 Å². The van der Waals surface area contributed by atoms with Crippen LogP contribution in [0.1, 0.15) is 18.1 Å². The van der Waals surface area contributed by atoms with E-state index in [1.165, 1.54) is 0 Å². The minimum atomic E-state index is -0.576. The molecule has 1 unspecified atom stereocenters. The molecule has 0 saturated carbocycles. The molecule has 2 rings (SSSR count). The molecule has 0 aliphatic carbocycles. The van der Waals surface area contributed by atoms with Crippen molar-refractivity contribution in [3.05, 3.63) is 59.7 Å². The highest BCUT2D eigenvalue weighted by molar-refractivity contribution is 5.94. The number of carbonyl (C=O) groups excluding carboxylic acids is 1. The van der Waals surface area contributed by atoms with Gasteiger partial charge in [-0.15, -0.1) is 0 Å². The lowest BCUT2D eigenvalue weighted by Gasteiger charge is -2.15. The number of nitrogens with two attached hydrogens (primary N) is 1. The molecule has 0 radical (unpaired) electrons. The quantitative estimate of drug-likeness (QED) is 0.887. The maximum absolute atomic E-state index is 12.1. The Morgan fingerprint density at radius 3 is 2.71 bits per heavy atom. The first kappa shape index (κ1) is 15.1. The van der Waals surface area contributed by atoms with E-state index >= 15 is 0 Å². The molecule has 21 heavy (non-hydrogen) atoms. The number of hydrogen-bond acceptors (Lipinski definition) is 3. The third kappa shape index (κ3) is 4.33. The summed E-state index contributed by atoms with van der Waals surface area (Å²) < 4.78 is 5.65. The Labute approximate surface area is 124 Å². The minimum Gasteiger partial charge on any atom is -0.481 e. The van der Waals surface area contributed by atoms with E-state index in [0.717, 1.165) is 16.8 Å². The number of aryl methyl sites for hydroxylation is 1. The van der Waals surface area contributed by atoms with Crippen molar-refractivity contribution < 1.29 is 9.53 Å². The van der Waals surface area contributed by atoms with Gasteiger partial charge in [0.1, 0.15) is 5.75 Å². The van der Waals surface area contributed by atoms with Crippen LogP contribution in [0.4, 0.5) is 5.69 Å². The second-order valence-electron chi connectivity index (χ2n) is 4.97. The fourth-order valence-corrected chi connectivity index (χ4v) is 1.97. The summed E-state index contributed by atoms with van der Waals surface area (Å²) in [4.78, 5) is 12.1. The molecular weight excluding hydrogens is 264 g/mol. The van der Waals surface area contributed by atoms with Gasteiger partial charge >= 0.3 is 0 Å². The van der Waals surface area contributed by atoms with Crippen molar-refractivity contribution in [3.8, 4) is 5.75 Å². The monoisotopic (exact) mass is 284 g/mol. The third-order valence-electron chi connectivity index (χ3n) is 3.10. The molecule has 110 valence electrons. The summed E-state index contributed by atoms with van der Waals surface area (Å²) in [6, 6.07) is 15.1. The van der Waals surface area contributed by atoms with Crippen molar-refractivity contribution >= 4 is 11.6 Å². The lowest BCUT2D eigenvalue weighted by atomic mass is 10.2. The van der Waals surface area contributed by atoms with Crippen LogP contribution in [0.3, 0.4) is 0 Å². The van der Waals surface area contributed by atoms with Crippen LogP contribution in [0.5, 0.6) is 5.75 Å². The van der Waals surface area contributed by atoms with Gasteiger partial charge in [-0.3, -0.25) is 4.79 Å². The van der Waals surface area contributed by atoms with Gasteiger partial charge in [0.05, 0.1) is 0 Å². The predicted octanol–water partition coefficient (Wildman–Crippen LogP) is 2.86. The van der Waals surface area contributed by atoms with E-state index < -0.39 is 6.10 Å². The average molecular weight is 284 g/mol. The lowest BCUT2D eigenvalue weighted by Crippen LogP contribution is -2.30. The largest absolute Gasteiger partial charge is 0.481 e. The van der Waals surface area contributed by atoms with Gasteiger partial charge in [-0.1, -0.05) is 24.3 Å². The molecule has 0 aromatic heterocycles. The minimum absolute atomic E-state index is 0.189. The van der Waals surface area contributed by atoms with Crippen LogP contribution in [0.15, 0.2) is 48.5 Å². The third-order valence-corrected chi connectivity index (χ3v) is 3.10. The molecule has 0 spiro atoms. The topological polar surface area (TPSA) is 64.3 Å². The summed E-state index contributed by atoms with van der Waals surface area (Å²) in [7, 11) is 0. The molecule has 0 aliphatic rings. The van der Waals surface area contributed by atoms with Crippen molar-refractivity contribution in [2.45, 2.75) is 26.5 Å². The smallest absolute Gasteiger partial charge is 0.265 e. The van der Waals surface area contributed by atoms with Crippen LogP contribution < -0.4 is 15.8 Å². The number of ether oxygens (including phenoxy) is 1. The lowest BCUT2D eigenvalue weighted by molar-refractivity contribution is -0.122. The Morgan fingerprint density at radius 1 is 1.24 bits per heavy atom. The van der Waals surface area contributed by atoms with E-state index in [4.69, 9.17) is 10.5 Å². The molecule has 0 bridgehead atoms. The van der Waals surface area contributed by atoms with E-state index in [-0.39, 0.29) is 5.91 Å². The number of amides is 1. The summed E-state index contributed by atoms with van der Waals surface area (Å²) in [6.07, 6.45) is -0.576. The number of nitrogens with one attached hydrogen (secondary N) is 1. The van der Waals surface area contributed by atoms with E-state index in [2.05, 4.69) is 5.32 Å². The van der Waals surface area contributed by atoms with Gasteiger partial charge in [0.25, 0.3) is 5.91 Å². The molecule has 3 N–H and O–H groups in total. The standard InChI is InChI=1S/C17H20N2O2/c1-12-5-3-8-16(9-12)21-13(2)17(20)19-15-7-4-6-14(10-15)11-18/h3-10,13H,11,18H2,1-2H3,(H,19,20). The van der Waals surface area contributed by atoms with E-state index in [0.29, 0.717) is 12.3 Å². The molecule has 0 saturated heterocycles. The molecule has 1 amide bonds. The predicted molar refractivity (Wildman–Crippen MR) is 84.2 cm³/mol. The Balaban J connectivity index is 1.99. The SMILES string of the molecule is Cc1cccc(OC(C)C(=O)Nc2cccc(CN)c2)c1. The molecule has 0 fully saturated rings. The number of carbonyl (C=O) groups is 1. The van der Waals surface area contributed by atoms with Gasteiger partial charge in [0.2, 0.25) is 0 Å². The molecule has 1 atom stereocenters. The normalized spacial score (nSPS) is 11.8. The summed E-state index contributed by atoms with van der Waals surface area (Å²) in [5.74, 6) is 0.499. The highest BCUT2D eigenvalue weighted by atomic mass is 16.5. The maximum atomic E-state index is 12.1. The first-order valence-electron chi connectivity index (χ1n) is 6.91. The molecule has 2 aromatic rings. The molecule has 0 aliphatic heterocycles. The summed E-state index contributed by atoms with van der Waals surface area (Å²) in [6.45, 7) is 4.15. The van der Waals surface area contributed by atoms with Gasteiger partial charge < -0.3 is 15.8 Å². The highest BCUT2D eigenvalue weighted by Gasteiger charge is 2.15. The fourth-order valence-electron chi connectivity index (χ4n) is 1.97. The van der Waals surface area contributed by atoms with Gasteiger partial charge in [0, 0.05) is 12.2 Å². The Kier molecular flexibility index (Phi) is 4.95. The molecule has 2 aromatic carbocycles. The average Bonchev–Trinajstić information content (AvgIpc) is 2.47. The number of rotatable bonds is 5. The van der Waals surface area contributed by atoms with Gasteiger partial charge in [-0.25, -0.2) is 0 Å². The van der Waals surface area contributed by atoms with Gasteiger partial charge in [0.15, 0.2) is 6.10 Å². The zero-order chi connectivity index (χ0) is 15.2. The maximum Gasteiger partial charge on any atom is 0.265 e. The molecular formula is C17H20N2O2. The summed E-state index contributed by atoms with van der Waals surface area (Å²) in [5, 5.41) is 2.83. The van der Waals surface area contributed by atoms with Crippen molar-refractivity contribution in [2.75, 3.05) is 5.32 Å². The number of benzene rings is 2.